The van der Waals surface area contributed by atoms with Crippen LogP contribution in [0, 0.1) is 0 Å². The van der Waals surface area contributed by atoms with Crippen molar-refractivity contribution in [3.8, 4) is 0 Å². The van der Waals surface area contributed by atoms with Gasteiger partial charge in [0.25, 0.3) is 0 Å². The molecule has 35 heavy (non-hydrogen) atoms. The molecule has 208 valence electrons. The Morgan fingerprint density at radius 1 is 0.686 bits per heavy atom. The number of esters is 1. The number of alkyl halides is 17. The first kappa shape index (κ1) is 33.0. The summed E-state index contributed by atoms with van der Waals surface area (Å²) in [6, 6.07) is 0. The number of carbonyl (C=O) groups excluding carboxylic acids is 1. The van der Waals surface area contributed by atoms with Crippen molar-refractivity contribution < 1.29 is 89.3 Å². The first-order chi connectivity index (χ1) is 15.0. The van der Waals surface area contributed by atoms with E-state index in [9.17, 15) is 79.4 Å². The van der Waals surface area contributed by atoms with E-state index in [0.717, 1.165) is 6.92 Å². The number of ether oxygens (including phenoxy) is 1. The molecule has 1 atom stereocenters. The highest BCUT2D eigenvalue weighted by molar-refractivity contribution is 5.86. The Bertz CT molecular complexity index is 799. The summed E-state index contributed by atoms with van der Waals surface area (Å²) < 4.78 is 226. The molecule has 0 heterocycles. The van der Waals surface area contributed by atoms with E-state index in [-0.39, 0.29) is 0 Å². The van der Waals surface area contributed by atoms with Crippen molar-refractivity contribution in [1.82, 2.24) is 0 Å². The number of aliphatic hydroxyl groups excluding tert-OH is 1. The average Bonchev–Trinajstić information content (AvgIpc) is 2.63. The van der Waals surface area contributed by atoms with Gasteiger partial charge in [-0.05, 0) is 6.92 Å². The molecule has 1 unspecified atom stereocenters. The molecule has 0 aliphatic heterocycles. The molecule has 0 saturated carbocycles. The molecule has 0 aliphatic rings. The van der Waals surface area contributed by atoms with Gasteiger partial charge in [-0.3, -0.25) is 0 Å². The molecule has 0 bridgehead atoms. The summed E-state index contributed by atoms with van der Waals surface area (Å²) >= 11 is 0. The summed E-state index contributed by atoms with van der Waals surface area (Å²) in [5.74, 6) is -58.9. The quantitative estimate of drug-likeness (QED) is 0.195. The third-order valence-corrected chi connectivity index (χ3v) is 4.03. The van der Waals surface area contributed by atoms with Gasteiger partial charge in [-0.15, -0.1) is 0 Å². The Morgan fingerprint density at radius 2 is 1.00 bits per heavy atom. The van der Waals surface area contributed by atoms with Crippen molar-refractivity contribution in [3.05, 3.63) is 12.2 Å². The van der Waals surface area contributed by atoms with E-state index in [2.05, 4.69) is 11.3 Å². The number of carbonyl (C=O) groups is 1. The molecule has 1 N–H and O–H groups in total. The van der Waals surface area contributed by atoms with E-state index in [1.807, 2.05) is 0 Å². The van der Waals surface area contributed by atoms with Crippen LogP contribution < -0.4 is 0 Å². The lowest BCUT2D eigenvalue weighted by atomic mass is 9.88. The van der Waals surface area contributed by atoms with Gasteiger partial charge in [0.2, 0.25) is 0 Å². The van der Waals surface area contributed by atoms with E-state index >= 15 is 0 Å². The van der Waals surface area contributed by atoms with Crippen LogP contribution in [0.2, 0.25) is 0 Å². The molecule has 0 radical (unpaired) electrons. The fourth-order valence-corrected chi connectivity index (χ4v) is 1.97. The van der Waals surface area contributed by atoms with E-state index < -0.39 is 78.3 Å². The smallest absolute Gasteiger partial charge is 0.460 e. The molecule has 0 saturated heterocycles. The molecule has 0 rings (SSSR count). The summed E-state index contributed by atoms with van der Waals surface area (Å²) in [7, 11) is 0. The zero-order valence-electron chi connectivity index (χ0n) is 16.4. The van der Waals surface area contributed by atoms with E-state index in [4.69, 9.17) is 5.11 Å². The largest absolute Gasteiger partial charge is 0.460 e. The monoisotopic (exact) mass is 562 g/mol. The SMILES string of the molecule is C=C(C)C(=O)OCC(O)CC(F)(F)C(F)(F)C(F)(F)C(F)(F)C(F)(F)C(F)(F)C(F)(F)C(F)(F)F. The molecule has 0 aromatic carbocycles. The molecule has 0 fully saturated rings. The van der Waals surface area contributed by atoms with Crippen LogP contribution in [0.4, 0.5) is 74.6 Å². The van der Waals surface area contributed by atoms with Gasteiger partial charge in [0.1, 0.15) is 6.61 Å². The minimum absolute atomic E-state index is 0.501. The molecule has 20 heteroatoms. The molecular weight excluding hydrogens is 551 g/mol. The van der Waals surface area contributed by atoms with Crippen LogP contribution in [-0.2, 0) is 9.53 Å². The van der Waals surface area contributed by atoms with Gasteiger partial charge in [-0.2, -0.15) is 74.6 Å². The van der Waals surface area contributed by atoms with Crippen molar-refractivity contribution in [1.29, 1.82) is 0 Å². The predicted molar refractivity (Wildman–Crippen MR) is 77.1 cm³/mol. The Balaban J connectivity index is 6.35. The zero-order chi connectivity index (χ0) is 28.9. The lowest BCUT2D eigenvalue weighted by Gasteiger charge is -2.43. The highest BCUT2D eigenvalue weighted by Crippen LogP contribution is 2.64. The van der Waals surface area contributed by atoms with Gasteiger partial charge < -0.3 is 9.84 Å². The van der Waals surface area contributed by atoms with Gasteiger partial charge in [-0.1, -0.05) is 6.58 Å². The number of aliphatic hydroxyl groups is 1. The fraction of sp³-hybridized carbons (Fsp3) is 0.800. The Hall–Kier alpha value is -2.02. The standard InChI is InChI=1S/C15H11F17O3/c1-5(2)7(34)35-4-6(33)3-8(16,17)9(18,19)10(20,21)11(22,23)12(24,25)13(26,27)14(28,29)15(30,31)32/h6,33H,1,3-4H2,2H3. The first-order valence-electron chi connectivity index (χ1n) is 8.19. The highest BCUT2D eigenvalue weighted by atomic mass is 19.4. The van der Waals surface area contributed by atoms with Gasteiger partial charge >= 0.3 is 53.6 Å². The normalized spacial score (nSPS) is 16.2. The topological polar surface area (TPSA) is 46.5 Å². The number of hydrogen-bond acceptors (Lipinski definition) is 3. The summed E-state index contributed by atoms with van der Waals surface area (Å²) in [6.45, 7) is 2.09. The van der Waals surface area contributed by atoms with Crippen molar-refractivity contribution in [2.75, 3.05) is 6.61 Å². The highest BCUT2D eigenvalue weighted by Gasteiger charge is 2.95. The second-order valence-electron chi connectivity index (χ2n) is 6.89. The van der Waals surface area contributed by atoms with Gasteiger partial charge in [0.15, 0.2) is 0 Å². The third-order valence-electron chi connectivity index (χ3n) is 4.03. The number of hydrogen-bond donors (Lipinski definition) is 1. The Labute approximate surface area is 182 Å². The fourth-order valence-electron chi connectivity index (χ4n) is 1.97. The van der Waals surface area contributed by atoms with Crippen LogP contribution in [-0.4, -0.2) is 71.4 Å². The minimum atomic E-state index is -8.72. The van der Waals surface area contributed by atoms with Crippen molar-refractivity contribution >= 4 is 5.97 Å². The average molecular weight is 562 g/mol. The van der Waals surface area contributed by atoms with Gasteiger partial charge in [0, 0.05) is 12.0 Å². The number of rotatable bonds is 11. The molecule has 0 aromatic heterocycles. The van der Waals surface area contributed by atoms with Crippen molar-refractivity contribution in [2.24, 2.45) is 0 Å². The van der Waals surface area contributed by atoms with Gasteiger partial charge in [0.05, 0.1) is 6.10 Å². The Morgan fingerprint density at radius 3 is 1.31 bits per heavy atom. The maximum Gasteiger partial charge on any atom is 0.460 e. The molecule has 0 aromatic rings. The van der Waals surface area contributed by atoms with Crippen molar-refractivity contribution in [3.63, 3.8) is 0 Å². The summed E-state index contributed by atoms with van der Waals surface area (Å²) in [4.78, 5) is 11.0. The summed E-state index contributed by atoms with van der Waals surface area (Å²) in [5, 5.41) is 9.09. The maximum absolute atomic E-state index is 13.6. The van der Waals surface area contributed by atoms with Crippen molar-refractivity contribution in [2.45, 2.75) is 67.1 Å². The summed E-state index contributed by atoms with van der Waals surface area (Å²) in [6.07, 6.45) is -14.1. The molecule has 0 spiro atoms. The van der Waals surface area contributed by atoms with Crippen LogP contribution in [0.15, 0.2) is 12.2 Å². The Kier molecular flexibility index (Phi) is 8.60. The number of halogens is 17. The minimum Gasteiger partial charge on any atom is -0.460 e. The molecule has 0 amide bonds. The summed E-state index contributed by atoms with van der Waals surface area (Å²) in [5.41, 5.74) is -0.501. The van der Waals surface area contributed by atoms with E-state index in [1.165, 1.54) is 0 Å². The van der Waals surface area contributed by atoms with E-state index in [1.54, 1.807) is 0 Å². The predicted octanol–water partition coefficient (Wildman–Crippen LogP) is 5.87. The zero-order valence-corrected chi connectivity index (χ0v) is 16.4. The molecule has 3 nitrogen and oxygen atoms in total. The third kappa shape index (κ3) is 5.11. The van der Waals surface area contributed by atoms with Gasteiger partial charge in [-0.25, -0.2) is 4.79 Å². The van der Waals surface area contributed by atoms with Crippen LogP contribution in [0.25, 0.3) is 0 Å². The lowest BCUT2D eigenvalue weighted by Crippen LogP contribution is -2.74. The van der Waals surface area contributed by atoms with Crippen LogP contribution in [0.1, 0.15) is 13.3 Å². The van der Waals surface area contributed by atoms with Crippen LogP contribution >= 0.6 is 0 Å². The second-order valence-corrected chi connectivity index (χ2v) is 6.89. The van der Waals surface area contributed by atoms with E-state index in [0.29, 0.717) is 0 Å². The van der Waals surface area contributed by atoms with Crippen LogP contribution in [0.5, 0.6) is 0 Å². The maximum atomic E-state index is 13.6. The lowest BCUT2D eigenvalue weighted by molar-refractivity contribution is -0.462. The van der Waals surface area contributed by atoms with Crippen LogP contribution in [0.3, 0.4) is 0 Å². The molecule has 0 aliphatic carbocycles. The molecular formula is C15H11F17O3. The first-order valence-corrected chi connectivity index (χ1v) is 8.19. The second kappa shape index (κ2) is 9.13.